The average Bonchev–Trinajstić information content (AvgIpc) is 3.20. The minimum atomic E-state index is -3.28. The van der Waals surface area contributed by atoms with E-state index >= 15 is 0 Å². The van der Waals surface area contributed by atoms with Gasteiger partial charge in [-0.05, 0) is 29.8 Å². The summed E-state index contributed by atoms with van der Waals surface area (Å²) in [7, 11) is 3.17. The minimum absolute atomic E-state index is 0.0469. The van der Waals surface area contributed by atoms with Gasteiger partial charge in [0.15, 0.2) is 17.3 Å². The van der Waals surface area contributed by atoms with Gasteiger partial charge in [-0.15, -0.1) is 0 Å². The molecule has 2 aromatic carbocycles. The van der Waals surface area contributed by atoms with Crippen LogP contribution in [0.1, 0.15) is 18.1 Å². The van der Waals surface area contributed by atoms with Crippen molar-refractivity contribution in [1.82, 2.24) is 10.2 Å². The number of para-hydroxylation sites is 2. The molecule has 8 heteroatoms. The lowest BCUT2D eigenvalue weighted by atomic mass is 10.1. The Morgan fingerprint density at radius 1 is 1.07 bits per heavy atom. The standard InChI is InChI=1S/C20H19F2N3O3/c1-20(21,22)28-15-7-5-4-6-14(15)23-19-13-8-11-9-16(26-2)17(27-3)10-12(11)18(13)24-25-19/h4-7,9-10H,8H2,1-3H3,(H2,23,24,25). The van der Waals surface area contributed by atoms with Gasteiger partial charge in [0, 0.05) is 24.5 Å². The Kier molecular flexibility index (Phi) is 4.33. The van der Waals surface area contributed by atoms with Crippen LogP contribution in [0, 0.1) is 0 Å². The summed E-state index contributed by atoms with van der Waals surface area (Å²) in [6.07, 6.45) is -2.66. The summed E-state index contributed by atoms with van der Waals surface area (Å²) in [4.78, 5) is 0. The van der Waals surface area contributed by atoms with E-state index in [1.165, 1.54) is 6.07 Å². The van der Waals surface area contributed by atoms with Crippen LogP contribution in [0.4, 0.5) is 20.3 Å². The molecule has 2 N–H and O–H groups in total. The highest BCUT2D eigenvalue weighted by Crippen LogP contribution is 2.44. The van der Waals surface area contributed by atoms with Crippen molar-refractivity contribution in [3.05, 3.63) is 47.5 Å². The Labute approximate surface area is 160 Å². The van der Waals surface area contributed by atoms with Gasteiger partial charge in [-0.25, -0.2) is 0 Å². The van der Waals surface area contributed by atoms with E-state index in [4.69, 9.17) is 14.2 Å². The van der Waals surface area contributed by atoms with Crippen LogP contribution in [0.5, 0.6) is 17.2 Å². The van der Waals surface area contributed by atoms with Crippen molar-refractivity contribution in [3.63, 3.8) is 0 Å². The van der Waals surface area contributed by atoms with E-state index in [1.807, 2.05) is 12.1 Å². The lowest BCUT2D eigenvalue weighted by molar-refractivity contribution is -0.158. The number of H-pyrrole nitrogens is 1. The molecule has 0 amide bonds. The van der Waals surface area contributed by atoms with Crippen molar-refractivity contribution in [2.24, 2.45) is 0 Å². The number of benzene rings is 2. The van der Waals surface area contributed by atoms with E-state index in [2.05, 4.69) is 15.5 Å². The number of nitrogens with zero attached hydrogens (tertiary/aromatic N) is 1. The van der Waals surface area contributed by atoms with Crippen LogP contribution >= 0.6 is 0 Å². The van der Waals surface area contributed by atoms with Crippen molar-refractivity contribution in [2.45, 2.75) is 19.5 Å². The number of aromatic amines is 1. The van der Waals surface area contributed by atoms with Crippen molar-refractivity contribution >= 4 is 11.5 Å². The van der Waals surface area contributed by atoms with Gasteiger partial charge in [0.1, 0.15) is 5.75 Å². The third-order valence-electron chi connectivity index (χ3n) is 4.54. The van der Waals surface area contributed by atoms with Crippen LogP contribution in [0.2, 0.25) is 0 Å². The highest BCUT2D eigenvalue weighted by atomic mass is 19.3. The second-order valence-corrected chi connectivity index (χ2v) is 6.50. The number of nitrogens with one attached hydrogen (secondary N) is 2. The van der Waals surface area contributed by atoms with E-state index < -0.39 is 6.11 Å². The van der Waals surface area contributed by atoms with Crippen LogP contribution in [0.25, 0.3) is 11.3 Å². The topological polar surface area (TPSA) is 68.4 Å². The lowest BCUT2D eigenvalue weighted by Gasteiger charge is -2.16. The summed E-state index contributed by atoms with van der Waals surface area (Å²) in [5.41, 5.74) is 4.23. The monoisotopic (exact) mass is 387 g/mol. The van der Waals surface area contributed by atoms with Crippen molar-refractivity contribution in [3.8, 4) is 28.5 Å². The number of fused-ring (bicyclic) bond motifs is 3. The molecule has 0 saturated heterocycles. The molecule has 4 rings (SSSR count). The Balaban J connectivity index is 1.67. The first-order chi connectivity index (χ1) is 13.4. The van der Waals surface area contributed by atoms with Crippen molar-refractivity contribution in [1.29, 1.82) is 0 Å². The van der Waals surface area contributed by atoms with Crippen LogP contribution in [-0.2, 0) is 6.42 Å². The van der Waals surface area contributed by atoms with Gasteiger partial charge in [-0.3, -0.25) is 5.10 Å². The molecule has 0 spiro atoms. The number of aromatic nitrogens is 2. The molecule has 0 atom stereocenters. The normalized spacial score (nSPS) is 12.3. The average molecular weight is 387 g/mol. The summed E-state index contributed by atoms with van der Waals surface area (Å²) in [5.74, 6) is 1.88. The van der Waals surface area contributed by atoms with Crippen LogP contribution in [0.3, 0.4) is 0 Å². The number of hydrogen-bond donors (Lipinski definition) is 2. The second-order valence-electron chi connectivity index (χ2n) is 6.50. The number of alkyl halides is 2. The first-order valence-electron chi connectivity index (χ1n) is 8.65. The van der Waals surface area contributed by atoms with Gasteiger partial charge in [0.2, 0.25) is 0 Å². The maximum Gasteiger partial charge on any atom is 0.394 e. The van der Waals surface area contributed by atoms with E-state index in [9.17, 15) is 8.78 Å². The molecule has 0 radical (unpaired) electrons. The molecule has 1 aliphatic carbocycles. The fraction of sp³-hybridized carbons (Fsp3) is 0.250. The Morgan fingerprint density at radius 2 is 1.79 bits per heavy atom. The fourth-order valence-corrected chi connectivity index (χ4v) is 3.33. The van der Waals surface area contributed by atoms with E-state index in [0.717, 1.165) is 22.4 Å². The molecular weight excluding hydrogens is 368 g/mol. The maximum atomic E-state index is 13.3. The summed E-state index contributed by atoms with van der Waals surface area (Å²) >= 11 is 0. The smallest absolute Gasteiger partial charge is 0.394 e. The number of rotatable bonds is 6. The number of ether oxygens (including phenoxy) is 3. The summed E-state index contributed by atoms with van der Waals surface area (Å²) in [6, 6.07) is 10.3. The molecule has 1 heterocycles. The van der Waals surface area contributed by atoms with Crippen molar-refractivity contribution < 1.29 is 23.0 Å². The van der Waals surface area contributed by atoms with Gasteiger partial charge in [-0.1, -0.05) is 12.1 Å². The molecule has 6 nitrogen and oxygen atoms in total. The van der Waals surface area contributed by atoms with Crippen molar-refractivity contribution in [2.75, 3.05) is 19.5 Å². The molecular formula is C20H19F2N3O3. The largest absolute Gasteiger partial charge is 0.493 e. The second kappa shape index (κ2) is 6.70. The molecule has 1 aromatic heterocycles. The Bertz CT molecular complexity index is 1030. The summed E-state index contributed by atoms with van der Waals surface area (Å²) in [6.45, 7) is 0.702. The first-order valence-corrected chi connectivity index (χ1v) is 8.65. The van der Waals surface area contributed by atoms with Gasteiger partial charge in [-0.2, -0.15) is 13.9 Å². The maximum absolute atomic E-state index is 13.3. The zero-order valence-corrected chi connectivity index (χ0v) is 15.6. The van der Waals surface area contributed by atoms with E-state index in [1.54, 1.807) is 32.4 Å². The van der Waals surface area contributed by atoms with E-state index in [-0.39, 0.29) is 5.75 Å². The number of hydrogen-bond acceptors (Lipinski definition) is 5. The Hall–Kier alpha value is -3.29. The zero-order valence-electron chi connectivity index (χ0n) is 15.6. The first kappa shape index (κ1) is 18.1. The summed E-state index contributed by atoms with van der Waals surface area (Å²) < 4.78 is 42.1. The number of halogens is 2. The fourth-order valence-electron chi connectivity index (χ4n) is 3.33. The SMILES string of the molecule is COc1cc2c(cc1OC)-c1[nH]nc(Nc3ccccc3OC(C)(F)F)c1C2. The third-order valence-corrected chi connectivity index (χ3v) is 4.54. The van der Waals surface area contributed by atoms with Gasteiger partial charge in [0.05, 0.1) is 25.6 Å². The third kappa shape index (κ3) is 3.21. The molecule has 0 aliphatic heterocycles. The molecule has 3 aromatic rings. The van der Waals surface area contributed by atoms with Crippen LogP contribution < -0.4 is 19.5 Å². The van der Waals surface area contributed by atoms with Crippen LogP contribution in [0.15, 0.2) is 36.4 Å². The molecule has 0 unspecified atom stereocenters. The Morgan fingerprint density at radius 3 is 2.50 bits per heavy atom. The molecule has 146 valence electrons. The van der Waals surface area contributed by atoms with E-state index in [0.29, 0.717) is 36.3 Å². The minimum Gasteiger partial charge on any atom is -0.493 e. The van der Waals surface area contributed by atoms with Gasteiger partial charge in [0.25, 0.3) is 0 Å². The predicted octanol–water partition coefficient (Wildman–Crippen LogP) is 4.73. The summed E-state index contributed by atoms with van der Waals surface area (Å²) in [5, 5.41) is 10.4. The predicted molar refractivity (Wildman–Crippen MR) is 101 cm³/mol. The zero-order chi connectivity index (χ0) is 19.9. The molecule has 0 bridgehead atoms. The lowest BCUT2D eigenvalue weighted by Crippen LogP contribution is -2.19. The van der Waals surface area contributed by atoms with Gasteiger partial charge >= 0.3 is 6.11 Å². The number of anilines is 2. The molecule has 0 saturated carbocycles. The quantitative estimate of drug-likeness (QED) is 0.500. The molecule has 0 fully saturated rings. The highest BCUT2D eigenvalue weighted by molar-refractivity contribution is 5.82. The molecule has 1 aliphatic rings. The highest BCUT2D eigenvalue weighted by Gasteiger charge is 2.28. The van der Waals surface area contributed by atoms with Gasteiger partial charge < -0.3 is 19.5 Å². The molecule has 28 heavy (non-hydrogen) atoms. The van der Waals surface area contributed by atoms with Crippen LogP contribution in [-0.4, -0.2) is 30.5 Å². The number of methoxy groups -OCH3 is 2.